The van der Waals surface area contributed by atoms with E-state index in [1.54, 1.807) is 20.8 Å². The van der Waals surface area contributed by atoms with E-state index in [2.05, 4.69) is 46.0 Å². The number of nitrogens with zero attached hydrogens (tertiary/aromatic N) is 2. The molecule has 4 rings (SSSR count). The number of fused-ring (bicyclic) bond motifs is 2. The molecule has 292 valence electrons. The minimum atomic E-state index is -1.94. The summed E-state index contributed by atoms with van der Waals surface area (Å²) in [6.45, 7) is 20.4. The maximum absolute atomic E-state index is 14.3. The lowest BCUT2D eigenvalue weighted by Gasteiger charge is -2.50. The van der Waals surface area contributed by atoms with Crippen molar-refractivity contribution in [2.45, 2.75) is 126 Å². The monoisotopic (exact) mass is 808 g/mol. The predicted octanol–water partition coefficient (Wildman–Crippen LogP) is 10.1. The second-order valence-corrected chi connectivity index (χ2v) is 24.0. The molecule has 2 aliphatic rings. The van der Waals surface area contributed by atoms with E-state index in [1.165, 1.54) is 23.6 Å². The maximum atomic E-state index is 14.3. The maximum Gasteiger partial charge on any atom is 0.411 e. The highest BCUT2D eigenvalue weighted by atomic mass is 35.6. The number of aryl methyl sites for hydroxylation is 1. The van der Waals surface area contributed by atoms with E-state index >= 15 is 0 Å². The van der Waals surface area contributed by atoms with Gasteiger partial charge in [-0.25, -0.2) is 14.4 Å². The Morgan fingerprint density at radius 3 is 2.00 bits per heavy atom. The molecular weight excluding hydrogens is 755 g/mol. The molecule has 2 heterocycles. The van der Waals surface area contributed by atoms with Crippen LogP contribution >= 0.6 is 34.8 Å². The average molecular weight is 810 g/mol. The zero-order chi connectivity index (χ0) is 39.6. The molecule has 2 aromatic carbocycles. The fourth-order valence-electron chi connectivity index (χ4n) is 6.01. The van der Waals surface area contributed by atoms with Gasteiger partial charge in [-0.2, -0.15) is 0 Å². The van der Waals surface area contributed by atoms with Gasteiger partial charge in [-0.1, -0.05) is 110 Å². The molecule has 13 heteroatoms. The Bertz CT molecular complexity index is 1650. The van der Waals surface area contributed by atoms with Crippen molar-refractivity contribution in [3.63, 3.8) is 0 Å². The fraction of sp³-hybridized carbons (Fsp3) is 0.575. The van der Waals surface area contributed by atoms with Crippen LogP contribution in [0.5, 0.6) is 0 Å². The van der Waals surface area contributed by atoms with Gasteiger partial charge in [-0.05, 0) is 94.3 Å². The third kappa shape index (κ3) is 10.9. The highest BCUT2D eigenvalue weighted by molar-refractivity contribution is 6.74. The molecule has 2 bridgehead atoms. The number of hydrogen-bond donors (Lipinski definition) is 0. The van der Waals surface area contributed by atoms with Gasteiger partial charge < -0.3 is 23.5 Å². The van der Waals surface area contributed by atoms with Crippen molar-refractivity contribution in [1.29, 1.82) is 0 Å². The summed E-state index contributed by atoms with van der Waals surface area (Å²) < 4.78 is 21.9. The largest absolute Gasteiger partial charge is 0.457 e. The molecule has 0 saturated carbocycles. The minimum Gasteiger partial charge on any atom is -0.457 e. The number of benzene rings is 2. The molecule has 9 nitrogen and oxygen atoms in total. The molecule has 0 unspecified atom stereocenters. The summed E-state index contributed by atoms with van der Waals surface area (Å²) >= 11 is 18.6. The first kappa shape index (κ1) is 43.0. The Morgan fingerprint density at radius 1 is 0.811 bits per heavy atom. The van der Waals surface area contributed by atoms with E-state index in [1.807, 2.05) is 42.5 Å². The molecule has 0 radical (unpaired) electrons. The van der Waals surface area contributed by atoms with Gasteiger partial charge >= 0.3 is 18.2 Å². The normalized spacial score (nSPS) is 18.5. The van der Waals surface area contributed by atoms with Crippen LogP contribution in [0.2, 0.25) is 18.1 Å². The van der Waals surface area contributed by atoms with Crippen LogP contribution in [-0.2, 0) is 36.5 Å². The molecule has 0 aromatic heterocycles. The third-order valence-electron chi connectivity index (χ3n) is 10.2. The predicted molar refractivity (Wildman–Crippen MR) is 214 cm³/mol. The number of carbonyl (C=O) groups is 3. The summed E-state index contributed by atoms with van der Waals surface area (Å²) in [6, 6.07) is 15.9. The number of amides is 2. The topological polar surface area (TPSA) is 94.6 Å². The van der Waals surface area contributed by atoms with Gasteiger partial charge in [0.25, 0.3) is 0 Å². The van der Waals surface area contributed by atoms with Crippen LogP contribution in [0.1, 0.15) is 84.9 Å². The first-order chi connectivity index (χ1) is 24.4. The van der Waals surface area contributed by atoms with Gasteiger partial charge in [0.15, 0.2) is 13.9 Å². The van der Waals surface area contributed by atoms with Crippen molar-refractivity contribution in [2.24, 2.45) is 0 Å². The lowest BCUT2D eigenvalue weighted by atomic mass is 9.82. The van der Waals surface area contributed by atoms with E-state index in [0.717, 1.165) is 35.1 Å². The molecule has 2 aromatic rings. The quantitative estimate of drug-likeness (QED) is 0.0776. The van der Waals surface area contributed by atoms with Crippen molar-refractivity contribution in [1.82, 2.24) is 9.80 Å². The van der Waals surface area contributed by atoms with Crippen LogP contribution in [0.3, 0.4) is 0 Å². The van der Waals surface area contributed by atoms with Crippen LogP contribution in [0.15, 0.2) is 60.2 Å². The van der Waals surface area contributed by atoms with Gasteiger partial charge in [0.05, 0.1) is 17.7 Å². The van der Waals surface area contributed by atoms with Crippen molar-refractivity contribution >= 4 is 66.8 Å². The first-order valence-electron chi connectivity index (χ1n) is 18.1. The van der Waals surface area contributed by atoms with Crippen molar-refractivity contribution in [3.05, 3.63) is 76.9 Å². The Labute approximate surface area is 331 Å². The zero-order valence-electron chi connectivity index (χ0n) is 32.7. The Balaban J connectivity index is 1.71. The average Bonchev–Trinajstić information content (AvgIpc) is 3.03. The molecule has 0 N–H and O–H groups in total. The second-order valence-electron chi connectivity index (χ2n) is 16.9. The summed E-state index contributed by atoms with van der Waals surface area (Å²) in [5.74, 6) is -0.608. The molecule has 2 amide bonds. The van der Waals surface area contributed by atoms with Crippen molar-refractivity contribution in [3.8, 4) is 0 Å². The molecule has 1 saturated heterocycles. The molecule has 0 spiro atoms. The summed E-state index contributed by atoms with van der Waals surface area (Å²) in [4.78, 5) is 44.8. The zero-order valence-corrected chi connectivity index (χ0v) is 36.0. The number of ether oxygens (including phenoxy) is 3. The fourth-order valence-corrected chi connectivity index (χ4v) is 7.22. The third-order valence-corrected chi connectivity index (χ3v) is 16.1. The van der Waals surface area contributed by atoms with E-state index in [4.69, 9.17) is 53.4 Å². The number of piperazine rings is 1. The summed E-state index contributed by atoms with van der Waals surface area (Å²) in [5, 5.41) is 0.149. The smallest absolute Gasteiger partial charge is 0.411 e. The van der Waals surface area contributed by atoms with Crippen molar-refractivity contribution in [2.75, 3.05) is 19.7 Å². The molecule has 53 heavy (non-hydrogen) atoms. The van der Waals surface area contributed by atoms with E-state index in [9.17, 15) is 14.4 Å². The molecule has 2 atom stereocenters. The number of rotatable bonds is 10. The Hall–Kier alpha value is -2.76. The van der Waals surface area contributed by atoms with Crippen LogP contribution in [0.25, 0.3) is 5.57 Å². The number of carbonyl (C=O) groups excluding carboxylic acids is 3. The summed E-state index contributed by atoms with van der Waals surface area (Å²) in [5.41, 5.74) is 1.49. The number of hydrogen-bond acceptors (Lipinski definition) is 7. The standard InChI is InChI=1S/C40H55Cl3N2O7Si/c1-37(2,3)51-35(47)44-24-30-23-31(29-20-18-27(19-21-29)17-14-22-50-53(9,10)38(4,5)6)33(34(46)49-26-28-15-12-11-13-16-28)32(25-44)45(30)36(48)52-39(7,8)40(41,42)43/h11-13,15-16,18-21,30,32H,14,17,22-26H2,1-10H3/t30-,32-/m1/s1. The number of esters is 1. The molecule has 2 aliphatic heterocycles. The van der Waals surface area contributed by atoms with Crippen molar-refractivity contribution < 1.29 is 33.0 Å². The summed E-state index contributed by atoms with van der Waals surface area (Å²) in [7, 11) is -1.83. The van der Waals surface area contributed by atoms with Crippen LogP contribution in [0, 0.1) is 0 Å². The van der Waals surface area contributed by atoms with Crippen LogP contribution < -0.4 is 0 Å². The van der Waals surface area contributed by atoms with Gasteiger partial charge in [-0.15, -0.1) is 0 Å². The van der Waals surface area contributed by atoms with Gasteiger partial charge in [0.1, 0.15) is 12.2 Å². The highest BCUT2D eigenvalue weighted by Gasteiger charge is 2.52. The lowest BCUT2D eigenvalue weighted by molar-refractivity contribution is -0.141. The minimum absolute atomic E-state index is 0.0169. The van der Waals surface area contributed by atoms with Crippen LogP contribution in [-0.4, -0.2) is 83.0 Å². The van der Waals surface area contributed by atoms with E-state index < -0.39 is 53.6 Å². The summed E-state index contributed by atoms with van der Waals surface area (Å²) in [6.07, 6.45) is 0.633. The highest BCUT2D eigenvalue weighted by Crippen LogP contribution is 2.44. The van der Waals surface area contributed by atoms with Gasteiger partial charge in [0, 0.05) is 19.7 Å². The van der Waals surface area contributed by atoms with Gasteiger partial charge in [0.2, 0.25) is 3.79 Å². The Kier molecular flexibility index (Phi) is 13.4. The molecule has 1 fully saturated rings. The van der Waals surface area contributed by atoms with E-state index in [0.29, 0.717) is 6.61 Å². The lowest BCUT2D eigenvalue weighted by Crippen LogP contribution is -2.66. The van der Waals surface area contributed by atoms with E-state index in [-0.39, 0.29) is 36.7 Å². The number of halogens is 3. The Morgan fingerprint density at radius 2 is 1.43 bits per heavy atom. The van der Waals surface area contributed by atoms with Gasteiger partial charge in [-0.3, -0.25) is 4.90 Å². The second kappa shape index (κ2) is 16.5. The first-order valence-corrected chi connectivity index (χ1v) is 22.2. The van der Waals surface area contributed by atoms with Crippen LogP contribution in [0.4, 0.5) is 9.59 Å². The number of alkyl halides is 3. The molecular formula is C40H55Cl3N2O7Si. The SMILES string of the molecule is CC(C)(C)OC(=O)N1C[C@H]2CC(c3ccc(CCCO[Si](C)(C)C(C)(C)C)cc3)=C(C(=O)OCc3ccccc3)[C@@H](C1)N2C(=O)OC(C)(C)C(Cl)(Cl)Cl. The molecule has 0 aliphatic carbocycles.